The molecule has 0 radical (unpaired) electrons. The monoisotopic (exact) mass is 588 g/mol. The predicted octanol–water partition coefficient (Wildman–Crippen LogP) is 6.96. The number of nitrogens with zero attached hydrogens (tertiary/aromatic N) is 2. The fraction of sp³-hybridized carbons (Fsp3) is 0.297. The van der Waals surface area contributed by atoms with Crippen molar-refractivity contribution in [2.45, 2.75) is 43.9 Å². The highest BCUT2D eigenvalue weighted by atomic mass is 31.1. The van der Waals surface area contributed by atoms with E-state index in [0.29, 0.717) is 31.6 Å². The van der Waals surface area contributed by atoms with E-state index in [2.05, 4.69) is 123 Å². The van der Waals surface area contributed by atoms with Gasteiger partial charge in [0.05, 0.1) is 6.04 Å². The minimum atomic E-state index is -0.715. The van der Waals surface area contributed by atoms with Crippen LogP contribution in [0.3, 0.4) is 0 Å². The summed E-state index contributed by atoms with van der Waals surface area (Å²) in [7, 11) is -0.715. The second-order valence-electron chi connectivity index (χ2n) is 12.0. The molecule has 43 heavy (non-hydrogen) atoms. The van der Waals surface area contributed by atoms with Crippen molar-refractivity contribution in [2.75, 3.05) is 19.8 Å². The lowest BCUT2D eigenvalue weighted by atomic mass is 9.98. The number of amides is 1. The molecular formula is C37H37N2O3P. The van der Waals surface area contributed by atoms with Crippen molar-refractivity contribution in [3.8, 4) is 11.1 Å². The molecule has 3 aliphatic rings. The largest absolute Gasteiger partial charge is 0.477 e. The van der Waals surface area contributed by atoms with Gasteiger partial charge >= 0.3 is 6.09 Å². The van der Waals surface area contributed by atoms with E-state index in [4.69, 9.17) is 14.5 Å². The summed E-state index contributed by atoms with van der Waals surface area (Å²) in [6.45, 7) is 5.82. The third-order valence-corrected chi connectivity index (χ3v) is 11.8. The number of carbonyl (C=O) groups is 1. The number of hydrogen-bond acceptors (Lipinski definition) is 4. The molecule has 1 saturated heterocycles. The maximum Gasteiger partial charge on any atom is 0.410 e. The molecule has 2 aliphatic heterocycles. The molecule has 4 aromatic carbocycles. The zero-order chi connectivity index (χ0) is 29.3. The lowest BCUT2D eigenvalue weighted by Gasteiger charge is -2.26. The van der Waals surface area contributed by atoms with Gasteiger partial charge in [-0.1, -0.05) is 123 Å². The van der Waals surface area contributed by atoms with Crippen LogP contribution in [-0.2, 0) is 9.47 Å². The molecule has 5 nitrogen and oxygen atoms in total. The Morgan fingerprint density at radius 3 is 1.98 bits per heavy atom. The minimum Gasteiger partial charge on any atom is -0.477 e. The van der Waals surface area contributed by atoms with Crippen molar-refractivity contribution in [3.63, 3.8) is 0 Å². The molecule has 1 fully saturated rings. The molecule has 1 amide bonds. The quantitative estimate of drug-likeness (QED) is 0.219. The van der Waals surface area contributed by atoms with Crippen LogP contribution in [0.2, 0.25) is 0 Å². The van der Waals surface area contributed by atoms with Crippen molar-refractivity contribution in [1.82, 2.24) is 4.90 Å². The normalized spacial score (nSPS) is 21.1. The van der Waals surface area contributed by atoms with Crippen molar-refractivity contribution in [2.24, 2.45) is 10.9 Å². The average Bonchev–Trinajstić information content (AvgIpc) is 3.78. The first-order chi connectivity index (χ1) is 21.1. The van der Waals surface area contributed by atoms with Gasteiger partial charge in [-0.25, -0.2) is 9.79 Å². The highest BCUT2D eigenvalue weighted by Crippen LogP contribution is 2.47. The van der Waals surface area contributed by atoms with E-state index >= 15 is 0 Å². The molecule has 7 rings (SSSR count). The first-order valence-electron chi connectivity index (χ1n) is 15.3. The highest BCUT2D eigenvalue weighted by molar-refractivity contribution is 7.73. The van der Waals surface area contributed by atoms with E-state index < -0.39 is 7.92 Å². The number of carbonyl (C=O) groups excluding carboxylic acids is 1. The van der Waals surface area contributed by atoms with E-state index in [1.807, 2.05) is 4.90 Å². The zero-order valence-electron chi connectivity index (χ0n) is 24.7. The van der Waals surface area contributed by atoms with E-state index in [0.717, 1.165) is 6.42 Å². The van der Waals surface area contributed by atoms with Crippen molar-refractivity contribution < 1.29 is 14.3 Å². The van der Waals surface area contributed by atoms with Crippen molar-refractivity contribution in [1.29, 1.82) is 0 Å². The summed E-state index contributed by atoms with van der Waals surface area (Å²) in [5.74, 6) is 1.08. The first kappa shape index (κ1) is 27.9. The molecule has 0 spiro atoms. The van der Waals surface area contributed by atoms with Crippen LogP contribution < -0.4 is 10.6 Å². The van der Waals surface area contributed by atoms with Crippen LogP contribution in [0.5, 0.6) is 0 Å². The summed E-state index contributed by atoms with van der Waals surface area (Å²) in [6, 6.07) is 38.3. The van der Waals surface area contributed by atoms with Gasteiger partial charge in [-0.2, -0.15) is 0 Å². The summed E-state index contributed by atoms with van der Waals surface area (Å²) in [5, 5.41) is 2.63. The molecule has 1 aliphatic carbocycles. The van der Waals surface area contributed by atoms with E-state index in [-0.39, 0.29) is 29.8 Å². The van der Waals surface area contributed by atoms with Crippen LogP contribution >= 0.6 is 7.92 Å². The molecule has 3 atom stereocenters. The molecule has 0 aromatic heterocycles. The standard InChI is InChI=1S/C37H37N2O3P/c1-25(2)34-24-41-36(38-34)35-21-28(43(26-13-5-3-6-14-26)27-15-7-4-8-16-27)22-39(35)37(40)42-23-33-31-19-11-9-17-29(31)30-18-10-12-20-32(30)33/h3-20,25,28,33-35H,21-24H2,1-2H3/t28-,34+,35-/m0/s1. The second kappa shape index (κ2) is 12.0. The number of hydrogen-bond donors (Lipinski definition) is 0. The van der Waals surface area contributed by atoms with Crippen LogP contribution in [0.15, 0.2) is 114 Å². The molecule has 0 bridgehead atoms. The third kappa shape index (κ3) is 5.36. The first-order valence-corrected chi connectivity index (χ1v) is 16.7. The Balaban J connectivity index is 1.18. The Labute approximate surface area is 255 Å². The molecule has 218 valence electrons. The van der Waals surface area contributed by atoms with Gasteiger partial charge in [-0.3, -0.25) is 4.90 Å². The van der Waals surface area contributed by atoms with Crippen LogP contribution in [-0.4, -0.2) is 54.4 Å². The third-order valence-electron chi connectivity index (χ3n) is 9.03. The highest BCUT2D eigenvalue weighted by Gasteiger charge is 2.45. The van der Waals surface area contributed by atoms with Crippen LogP contribution in [0.4, 0.5) is 4.79 Å². The summed E-state index contributed by atoms with van der Waals surface area (Å²) < 4.78 is 12.4. The topological polar surface area (TPSA) is 51.1 Å². The van der Waals surface area contributed by atoms with Gasteiger partial charge in [0.1, 0.15) is 19.3 Å². The summed E-state index contributed by atoms with van der Waals surface area (Å²) in [4.78, 5) is 20.9. The van der Waals surface area contributed by atoms with Gasteiger partial charge in [0.2, 0.25) is 5.90 Å². The lowest BCUT2D eigenvalue weighted by molar-refractivity contribution is 0.100. The van der Waals surface area contributed by atoms with Gasteiger partial charge in [0.25, 0.3) is 0 Å². The van der Waals surface area contributed by atoms with Crippen LogP contribution in [0.1, 0.15) is 37.3 Å². The fourth-order valence-electron chi connectivity index (χ4n) is 6.79. The van der Waals surface area contributed by atoms with Crippen molar-refractivity contribution >= 4 is 30.5 Å². The van der Waals surface area contributed by atoms with Crippen molar-refractivity contribution in [3.05, 3.63) is 120 Å². The molecule has 4 aromatic rings. The zero-order valence-corrected chi connectivity index (χ0v) is 25.6. The van der Waals surface area contributed by atoms with Gasteiger partial charge in [0, 0.05) is 18.1 Å². The molecule has 0 N–H and O–H groups in total. The maximum absolute atomic E-state index is 14.1. The minimum absolute atomic E-state index is 0.0179. The Kier molecular flexibility index (Phi) is 7.76. The molecule has 2 heterocycles. The predicted molar refractivity (Wildman–Crippen MR) is 175 cm³/mol. The Morgan fingerprint density at radius 1 is 0.860 bits per heavy atom. The maximum atomic E-state index is 14.1. The fourth-order valence-corrected chi connectivity index (χ4v) is 9.67. The summed E-state index contributed by atoms with van der Waals surface area (Å²) in [6.07, 6.45) is 0.508. The smallest absolute Gasteiger partial charge is 0.410 e. The average molecular weight is 589 g/mol. The molecule has 6 heteroatoms. The van der Waals surface area contributed by atoms with Gasteiger partial charge in [0.15, 0.2) is 0 Å². The van der Waals surface area contributed by atoms with E-state index in [9.17, 15) is 4.79 Å². The molecule has 0 saturated carbocycles. The SMILES string of the molecule is CC(C)[C@H]1COC([C@@H]2C[C@H](P(c3ccccc3)c3ccccc3)CN2C(=O)OCC2c3ccccc3-c3ccccc32)=N1. The summed E-state index contributed by atoms with van der Waals surface area (Å²) in [5.41, 5.74) is 5.13. The lowest BCUT2D eigenvalue weighted by Crippen LogP contribution is -2.41. The molecule has 0 unspecified atom stereocenters. The van der Waals surface area contributed by atoms with Gasteiger partial charge < -0.3 is 9.47 Å². The number of aliphatic imine (C=N–C) groups is 1. The number of ether oxygens (including phenoxy) is 2. The van der Waals surface area contributed by atoms with Crippen LogP contribution in [0.25, 0.3) is 11.1 Å². The second-order valence-corrected chi connectivity index (χ2v) is 14.5. The number of benzene rings is 4. The van der Waals surface area contributed by atoms with Gasteiger partial charge in [-0.05, 0) is 53.1 Å². The number of rotatable bonds is 7. The number of likely N-dealkylation sites (tertiary alicyclic amines) is 1. The Bertz CT molecular complexity index is 1540. The summed E-state index contributed by atoms with van der Waals surface area (Å²) >= 11 is 0. The van der Waals surface area contributed by atoms with E-state index in [1.54, 1.807) is 0 Å². The Morgan fingerprint density at radius 2 is 1.42 bits per heavy atom. The van der Waals surface area contributed by atoms with E-state index in [1.165, 1.54) is 32.9 Å². The Hall–Kier alpha value is -3.95. The number of fused-ring (bicyclic) bond motifs is 3. The van der Waals surface area contributed by atoms with Gasteiger partial charge in [-0.15, -0.1) is 0 Å². The molecular weight excluding hydrogens is 551 g/mol. The van der Waals surface area contributed by atoms with Crippen LogP contribution in [0, 0.1) is 5.92 Å².